The van der Waals surface area contributed by atoms with Crippen LogP contribution in [0, 0.1) is 6.92 Å². The molecule has 19 heteroatoms. The van der Waals surface area contributed by atoms with E-state index in [2.05, 4.69) is 9.97 Å². The van der Waals surface area contributed by atoms with Crippen molar-refractivity contribution in [3.05, 3.63) is 128 Å². The van der Waals surface area contributed by atoms with E-state index in [1.54, 1.807) is 54.0 Å². The smallest absolute Gasteiger partial charge is 0.358 e. The maximum Gasteiger partial charge on any atom is 0.358 e. The van der Waals surface area contributed by atoms with Gasteiger partial charge >= 0.3 is 17.9 Å². The van der Waals surface area contributed by atoms with Crippen LogP contribution >= 0.6 is 0 Å². The summed E-state index contributed by atoms with van der Waals surface area (Å²) in [7, 11) is -4.18. The Balaban J connectivity index is 0.000000168. The van der Waals surface area contributed by atoms with Gasteiger partial charge in [0, 0.05) is 42.0 Å². The lowest BCUT2D eigenvalue weighted by atomic mass is 10.1. The van der Waals surface area contributed by atoms with Crippen molar-refractivity contribution in [1.82, 2.24) is 14.5 Å². The highest BCUT2D eigenvalue weighted by Gasteiger charge is 2.20. The van der Waals surface area contributed by atoms with Gasteiger partial charge in [0.1, 0.15) is 21.9 Å². The third kappa shape index (κ3) is 9.80. The van der Waals surface area contributed by atoms with Gasteiger partial charge in [-0.05, 0) is 61.9 Å². The van der Waals surface area contributed by atoms with E-state index in [1.807, 2.05) is 6.92 Å². The number of aromatic nitrogens is 3. The summed E-state index contributed by atoms with van der Waals surface area (Å²) in [5, 5.41) is 35.8. The van der Waals surface area contributed by atoms with E-state index >= 15 is 0 Å². The van der Waals surface area contributed by atoms with Gasteiger partial charge in [-0.1, -0.05) is 18.2 Å². The largest absolute Gasteiger partial charge is 0.505 e. The molecule has 0 radical (unpaired) electrons. The van der Waals surface area contributed by atoms with Gasteiger partial charge in [-0.25, -0.2) is 19.4 Å². The number of ether oxygens (including phenoxy) is 2. The Labute approximate surface area is 310 Å². The Morgan fingerprint density at radius 1 is 0.891 bits per heavy atom. The molecule has 3 aromatic heterocycles. The Bertz CT molecular complexity index is 2670. The number of anilines is 1. The molecule has 0 amide bonds. The number of hydrogen-bond donors (Lipinski definition) is 7. The number of carboxylic acid groups (broad SMARTS) is 3. The van der Waals surface area contributed by atoms with Crippen LogP contribution < -0.4 is 26.1 Å². The van der Waals surface area contributed by atoms with Crippen LogP contribution in [0.15, 0.2) is 99.7 Å². The number of hydrogen-bond acceptors (Lipinski definition) is 12. The van der Waals surface area contributed by atoms with Gasteiger partial charge in [-0.2, -0.15) is 8.42 Å². The number of carboxylic acids is 3. The number of benzene rings is 3. The van der Waals surface area contributed by atoms with Crippen LogP contribution in [0.5, 0.6) is 17.2 Å². The van der Waals surface area contributed by atoms with Crippen molar-refractivity contribution in [2.75, 3.05) is 12.5 Å². The first kappa shape index (κ1) is 40.5. The quantitative estimate of drug-likeness (QED) is 0.0962. The Morgan fingerprint density at radius 3 is 2.13 bits per heavy atom. The molecule has 55 heavy (non-hydrogen) atoms. The van der Waals surface area contributed by atoms with Gasteiger partial charge in [-0.15, -0.1) is 0 Å². The number of H-pyrrole nitrogens is 1. The second-order valence-corrected chi connectivity index (χ2v) is 12.7. The number of aromatic hydroxyl groups is 1. The van der Waals surface area contributed by atoms with Crippen LogP contribution in [0.25, 0.3) is 21.8 Å². The van der Waals surface area contributed by atoms with Crippen LogP contribution in [0.1, 0.15) is 43.8 Å². The minimum absolute atomic E-state index is 0.0584. The number of nitrogen functional groups attached to an aromatic ring is 1. The standard InChI is InChI=1S/C13H11NO5.C10H7NO3.C7H9NO3S.C6H5NO3/c1-2-14-5-8(13(16)17)12(15)7-3-10-11(4-9(7)14)19-6-18-10;12-9-5-8(10(13)14)11-7-4-2-1-3-6(7)9;1-5-2-3-6(8)7(4-5)12(9,10)11;8-4-2-1-3-7-5(4)6(9)10/h3-5H,2,6H2,1H3,(H,16,17);1-5H,(H,11,12)(H,13,14);2-4H,8H2,1H3,(H,9,10,11);1-3,8H,(H,9,10). The Morgan fingerprint density at radius 2 is 1.56 bits per heavy atom. The first-order chi connectivity index (χ1) is 25.9. The predicted molar refractivity (Wildman–Crippen MR) is 197 cm³/mol. The molecule has 0 atom stereocenters. The van der Waals surface area contributed by atoms with Crippen LogP contribution in [0.2, 0.25) is 0 Å². The highest BCUT2D eigenvalue weighted by Crippen LogP contribution is 2.35. The van der Waals surface area contributed by atoms with E-state index in [9.17, 15) is 32.4 Å². The normalized spacial score (nSPS) is 11.3. The molecule has 0 saturated heterocycles. The molecule has 0 spiro atoms. The predicted octanol–water partition coefficient (Wildman–Crippen LogP) is 3.98. The lowest BCUT2D eigenvalue weighted by Crippen LogP contribution is -2.18. The first-order valence-electron chi connectivity index (χ1n) is 15.7. The molecule has 0 saturated carbocycles. The van der Waals surface area contributed by atoms with Crippen LogP contribution in [-0.4, -0.2) is 72.6 Å². The van der Waals surface area contributed by atoms with E-state index in [1.165, 1.54) is 36.7 Å². The SMILES string of the molecule is CCn1cc(C(=O)O)c(=O)c2cc3c(cc21)OCO3.Cc1ccc(N)c(S(=O)(=O)O)c1.O=C(O)c1cc(=O)c2ccccc2[nH]1.O=C(O)c1ncccc1O. The molecule has 6 aromatic rings. The maximum atomic E-state index is 12.1. The van der Waals surface area contributed by atoms with Crippen molar-refractivity contribution < 1.29 is 57.3 Å². The summed E-state index contributed by atoms with van der Waals surface area (Å²) in [5.41, 5.74) is 5.87. The second-order valence-electron chi connectivity index (χ2n) is 11.3. The number of nitrogens with two attached hydrogens (primary N) is 1. The van der Waals surface area contributed by atoms with Gasteiger partial charge in [0.25, 0.3) is 10.1 Å². The number of aromatic carboxylic acids is 3. The van der Waals surface area contributed by atoms with Crippen molar-refractivity contribution >= 4 is 55.5 Å². The van der Waals surface area contributed by atoms with Crippen LogP contribution in [0.3, 0.4) is 0 Å². The highest BCUT2D eigenvalue weighted by atomic mass is 32.2. The molecule has 0 unspecified atom stereocenters. The monoisotopic (exact) mass is 776 g/mol. The molecule has 8 N–H and O–H groups in total. The van der Waals surface area contributed by atoms with Gasteiger partial charge in [-0.3, -0.25) is 14.1 Å². The van der Waals surface area contributed by atoms with Gasteiger partial charge < -0.3 is 45.2 Å². The number of fused-ring (bicyclic) bond motifs is 3. The van der Waals surface area contributed by atoms with Gasteiger partial charge in [0.2, 0.25) is 12.2 Å². The molecular weight excluding hydrogens is 744 g/mol. The molecule has 1 aliphatic rings. The van der Waals surface area contributed by atoms with E-state index in [0.717, 1.165) is 11.6 Å². The van der Waals surface area contributed by atoms with Crippen molar-refractivity contribution in [2.24, 2.45) is 0 Å². The second kappa shape index (κ2) is 17.1. The molecule has 7 rings (SSSR count). The minimum Gasteiger partial charge on any atom is -0.505 e. The number of para-hydroxylation sites is 1. The summed E-state index contributed by atoms with van der Waals surface area (Å²) in [5.74, 6) is -2.86. The summed E-state index contributed by atoms with van der Waals surface area (Å²) in [6.07, 6.45) is 2.67. The molecular formula is C36H32N4O14S. The minimum atomic E-state index is -4.18. The number of aromatic amines is 1. The first-order valence-corrected chi connectivity index (χ1v) is 17.1. The fraction of sp³-hybridized carbons (Fsp3) is 0.111. The lowest BCUT2D eigenvalue weighted by Gasteiger charge is -2.10. The number of nitrogens with zero attached hydrogens (tertiary/aromatic N) is 2. The Hall–Kier alpha value is -7.25. The van der Waals surface area contributed by atoms with Crippen molar-refractivity contribution in [3.63, 3.8) is 0 Å². The summed E-state index contributed by atoms with van der Waals surface area (Å²) in [6, 6.07) is 18.3. The number of aryl methyl sites for hydroxylation is 2. The van der Waals surface area contributed by atoms with Gasteiger partial charge in [0.15, 0.2) is 22.6 Å². The number of nitrogens with one attached hydrogen (secondary N) is 1. The Kier molecular flexibility index (Phi) is 12.6. The molecule has 1 aliphatic heterocycles. The fourth-order valence-electron chi connectivity index (χ4n) is 4.93. The number of rotatable bonds is 5. The van der Waals surface area contributed by atoms with Crippen molar-refractivity contribution in [1.29, 1.82) is 0 Å². The maximum absolute atomic E-state index is 12.1. The zero-order valence-corrected chi connectivity index (χ0v) is 29.6. The zero-order chi connectivity index (χ0) is 40.6. The van der Waals surface area contributed by atoms with E-state index < -0.39 is 33.5 Å². The van der Waals surface area contributed by atoms with E-state index in [4.69, 9.17) is 40.2 Å². The summed E-state index contributed by atoms with van der Waals surface area (Å²) < 4.78 is 42.2. The molecule has 286 valence electrons. The van der Waals surface area contributed by atoms with Crippen molar-refractivity contribution in [3.8, 4) is 17.2 Å². The lowest BCUT2D eigenvalue weighted by molar-refractivity contribution is 0.0677. The highest BCUT2D eigenvalue weighted by molar-refractivity contribution is 7.86. The third-order valence-electron chi connectivity index (χ3n) is 7.55. The summed E-state index contributed by atoms with van der Waals surface area (Å²) in [6.45, 7) is 4.25. The molecule has 18 nitrogen and oxygen atoms in total. The third-order valence-corrected chi connectivity index (χ3v) is 8.46. The number of carbonyl (C=O) groups is 3. The number of pyridine rings is 3. The average Bonchev–Trinajstić information content (AvgIpc) is 3.60. The molecule has 0 aliphatic carbocycles. The summed E-state index contributed by atoms with van der Waals surface area (Å²) >= 11 is 0. The molecule has 4 heterocycles. The van der Waals surface area contributed by atoms with Crippen molar-refractivity contribution in [2.45, 2.75) is 25.3 Å². The molecule has 0 fully saturated rings. The molecule has 3 aromatic carbocycles. The van der Waals surface area contributed by atoms with Crippen LogP contribution in [0.4, 0.5) is 5.69 Å². The topological polar surface area (TPSA) is 299 Å². The summed E-state index contributed by atoms with van der Waals surface area (Å²) in [4.78, 5) is 61.4. The van der Waals surface area contributed by atoms with Gasteiger partial charge in [0.05, 0.1) is 16.6 Å². The fourth-order valence-corrected chi connectivity index (χ4v) is 5.63. The molecule has 0 bridgehead atoms. The van der Waals surface area contributed by atoms with E-state index in [0.29, 0.717) is 39.8 Å². The van der Waals surface area contributed by atoms with Crippen LogP contribution in [-0.2, 0) is 16.7 Å². The average molecular weight is 777 g/mol. The zero-order valence-electron chi connectivity index (χ0n) is 28.8. The van der Waals surface area contributed by atoms with E-state index in [-0.39, 0.29) is 45.5 Å².